The SMILES string of the molecule is CC1=C(C(=O)NCc2ccc(C(=O)O)cc2)C(c2ccccc2Cl)N=C(Nc2nc3ccccc3o2)N1. The third-order valence-electron chi connectivity index (χ3n) is 5.86. The Bertz CT molecular complexity index is 1530. The molecule has 1 aromatic heterocycles. The number of para-hydroxylation sites is 2. The first-order chi connectivity index (χ1) is 17.9. The van der Waals surface area contributed by atoms with Crippen molar-refractivity contribution in [3.63, 3.8) is 0 Å². The number of halogens is 1. The Balaban J connectivity index is 1.41. The Morgan fingerprint density at radius 1 is 1.05 bits per heavy atom. The van der Waals surface area contributed by atoms with Gasteiger partial charge in [-0.3, -0.25) is 10.1 Å². The number of carbonyl (C=O) groups excluding carboxylic acids is 1. The molecule has 5 rings (SSSR count). The lowest BCUT2D eigenvalue weighted by Crippen LogP contribution is -2.39. The quantitative estimate of drug-likeness (QED) is 0.288. The Hall–Kier alpha value is -4.63. The highest BCUT2D eigenvalue weighted by Gasteiger charge is 2.31. The fraction of sp³-hybridized carbons (Fsp3) is 0.111. The standard InChI is InChI=1S/C27H22ClN5O4/c1-15-22(24(34)29-14-16-10-12-17(13-11-16)25(35)36)23(18-6-2-3-7-19(18)28)32-26(30-15)33-27-31-20-8-4-5-9-21(20)37-27/h2-13,23H,14H2,1H3,(H,29,34)(H,35,36)(H2,30,31,32,33). The lowest BCUT2D eigenvalue weighted by Gasteiger charge is -2.27. The molecule has 0 saturated heterocycles. The van der Waals surface area contributed by atoms with Crippen LogP contribution < -0.4 is 16.0 Å². The molecule has 1 unspecified atom stereocenters. The van der Waals surface area contributed by atoms with E-state index in [-0.39, 0.29) is 24.0 Å². The Kier molecular flexibility index (Phi) is 6.61. The molecule has 1 atom stereocenters. The van der Waals surface area contributed by atoms with Crippen LogP contribution in [-0.2, 0) is 11.3 Å². The van der Waals surface area contributed by atoms with Crippen LogP contribution in [0.2, 0.25) is 5.02 Å². The number of carbonyl (C=O) groups is 2. The van der Waals surface area contributed by atoms with Gasteiger partial charge in [-0.25, -0.2) is 9.79 Å². The number of allylic oxidation sites excluding steroid dienone is 1. The minimum Gasteiger partial charge on any atom is -0.478 e. The highest BCUT2D eigenvalue weighted by atomic mass is 35.5. The first kappa shape index (κ1) is 24.1. The largest absolute Gasteiger partial charge is 0.478 e. The molecule has 0 spiro atoms. The van der Waals surface area contributed by atoms with Crippen molar-refractivity contribution in [1.29, 1.82) is 0 Å². The second kappa shape index (κ2) is 10.2. The van der Waals surface area contributed by atoms with E-state index in [1.807, 2.05) is 42.5 Å². The number of anilines is 1. The highest BCUT2D eigenvalue weighted by molar-refractivity contribution is 6.31. The van der Waals surface area contributed by atoms with E-state index >= 15 is 0 Å². The second-order valence-electron chi connectivity index (χ2n) is 8.36. The van der Waals surface area contributed by atoms with Crippen LogP contribution in [0.3, 0.4) is 0 Å². The number of hydrogen-bond acceptors (Lipinski definition) is 7. The van der Waals surface area contributed by atoms with Gasteiger partial charge in [0.2, 0.25) is 5.96 Å². The third-order valence-corrected chi connectivity index (χ3v) is 6.20. The summed E-state index contributed by atoms with van der Waals surface area (Å²) in [7, 11) is 0. The number of rotatable bonds is 6. The van der Waals surface area contributed by atoms with Crippen molar-refractivity contribution >= 4 is 46.6 Å². The van der Waals surface area contributed by atoms with Crippen LogP contribution in [0.1, 0.15) is 34.5 Å². The topological polar surface area (TPSA) is 129 Å². The van der Waals surface area contributed by atoms with Crippen LogP contribution in [0.4, 0.5) is 6.01 Å². The predicted octanol–water partition coefficient (Wildman–Crippen LogP) is 4.88. The van der Waals surface area contributed by atoms with E-state index in [0.717, 1.165) is 5.56 Å². The number of aromatic carboxylic acids is 1. The minimum atomic E-state index is -1.01. The summed E-state index contributed by atoms with van der Waals surface area (Å²) in [6, 6.07) is 20.5. The monoisotopic (exact) mass is 515 g/mol. The van der Waals surface area contributed by atoms with E-state index < -0.39 is 12.0 Å². The molecule has 1 aliphatic heterocycles. The van der Waals surface area contributed by atoms with Crippen LogP contribution in [-0.4, -0.2) is 27.9 Å². The van der Waals surface area contributed by atoms with Crippen molar-refractivity contribution in [2.24, 2.45) is 4.99 Å². The maximum absolute atomic E-state index is 13.4. The van der Waals surface area contributed by atoms with Gasteiger partial charge in [0.1, 0.15) is 11.6 Å². The van der Waals surface area contributed by atoms with E-state index in [9.17, 15) is 9.59 Å². The number of aliphatic imine (C=N–C) groups is 1. The van der Waals surface area contributed by atoms with Crippen LogP contribution in [0.25, 0.3) is 11.1 Å². The molecule has 4 N–H and O–H groups in total. The molecule has 0 aliphatic carbocycles. The number of hydrogen-bond donors (Lipinski definition) is 4. The van der Waals surface area contributed by atoms with Crippen LogP contribution in [0.15, 0.2) is 93.5 Å². The summed E-state index contributed by atoms with van der Waals surface area (Å²) in [5.41, 5.74) is 3.92. The molecule has 2 heterocycles. The maximum Gasteiger partial charge on any atom is 0.335 e. The number of guanidine groups is 1. The fourth-order valence-electron chi connectivity index (χ4n) is 4.03. The zero-order chi connectivity index (χ0) is 25.9. The number of nitrogens with one attached hydrogen (secondary N) is 3. The summed E-state index contributed by atoms with van der Waals surface area (Å²) in [4.78, 5) is 33.6. The van der Waals surface area contributed by atoms with E-state index in [0.29, 0.717) is 38.9 Å². The third kappa shape index (κ3) is 5.17. The summed E-state index contributed by atoms with van der Waals surface area (Å²) < 4.78 is 5.75. The van der Waals surface area contributed by atoms with Gasteiger partial charge >= 0.3 is 12.0 Å². The number of carboxylic acids is 1. The summed E-state index contributed by atoms with van der Waals surface area (Å²) >= 11 is 6.51. The fourth-order valence-corrected chi connectivity index (χ4v) is 4.26. The van der Waals surface area contributed by atoms with Gasteiger partial charge in [0.15, 0.2) is 5.58 Å². The van der Waals surface area contributed by atoms with Gasteiger partial charge in [0, 0.05) is 22.8 Å². The molecular formula is C27H22ClN5O4. The molecule has 1 aliphatic rings. The van der Waals surface area contributed by atoms with Crippen LogP contribution in [0, 0.1) is 0 Å². The number of nitrogens with zero attached hydrogens (tertiary/aromatic N) is 2. The number of oxazole rings is 1. The molecule has 1 amide bonds. The van der Waals surface area contributed by atoms with Crippen molar-refractivity contribution in [1.82, 2.24) is 15.6 Å². The molecule has 0 saturated carbocycles. The van der Waals surface area contributed by atoms with Gasteiger partial charge in [-0.2, -0.15) is 4.98 Å². The molecule has 3 aromatic carbocycles. The van der Waals surface area contributed by atoms with E-state index in [1.165, 1.54) is 12.1 Å². The molecule has 4 aromatic rings. The maximum atomic E-state index is 13.4. The zero-order valence-electron chi connectivity index (χ0n) is 19.7. The normalized spacial score (nSPS) is 15.2. The highest BCUT2D eigenvalue weighted by Crippen LogP contribution is 2.35. The van der Waals surface area contributed by atoms with Crippen molar-refractivity contribution < 1.29 is 19.1 Å². The molecule has 0 bridgehead atoms. The van der Waals surface area contributed by atoms with Crippen molar-refractivity contribution in [3.05, 3.63) is 106 Å². The smallest absolute Gasteiger partial charge is 0.335 e. The van der Waals surface area contributed by atoms with Crippen LogP contribution in [0.5, 0.6) is 0 Å². The molecule has 10 heteroatoms. The van der Waals surface area contributed by atoms with Crippen LogP contribution >= 0.6 is 11.6 Å². The second-order valence-corrected chi connectivity index (χ2v) is 8.77. The molecule has 9 nitrogen and oxygen atoms in total. The first-order valence-electron chi connectivity index (χ1n) is 11.4. The zero-order valence-corrected chi connectivity index (χ0v) is 20.4. The lowest BCUT2D eigenvalue weighted by atomic mass is 9.95. The van der Waals surface area contributed by atoms with E-state index in [4.69, 9.17) is 26.1 Å². The number of benzene rings is 3. The predicted molar refractivity (Wildman–Crippen MR) is 140 cm³/mol. The number of fused-ring (bicyclic) bond motifs is 1. The summed E-state index contributed by atoms with van der Waals surface area (Å²) in [6.07, 6.45) is 0. The van der Waals surface area contributed by atoms with Gasteiger partial charge in [-0.05, 0) is 42.8 Å². The van der Waals surface area contributed by atoms with E-state index in [2.05, 4.69) is 20.9 Å². The Morgan fingerprint density at radius 2 is 1.78 bits per heavy atom. The van der Waals surface area contributed by atoms with Crippen molar-refractivity contribution in [2.45, 2.75) is 19.5 Å². The van der Waals surface area contributed by atoms with Crippen molar-refractivity contribution in [3.8, 4) is 0 Å². The number of aromatic nitrogens is 1. The summed E-state index contributed by atoms with van der Waals surface area (Å²) in [6.45, 7) is 1.99. The average Bonchev–Trinajstić information content (AvgIpc) is 3.30. The van der Waals surface area contributed by atoms with Gasteiger partial charge in [-0.1, -0.05) is 54.1 Å². The number of carboxylic acid groups (broad SMARTS) is 1. The average molecular weight is 516 g/mol. The molecule has 0 fully saturated rings. The van der Waals surface area contributed by atoms with Gasteiger partial charge in [-0.15, -0.1) is 0 Å². The Labute approximate surface area is 216 Å². The Morgan fingerprint density at radius 3 is 2.51 bits per heavy atom. The minimum absolute atomic E-state index is 0.178. The summed E-state index contributed by atoms with van der Waals surface area (Å²) in [5, 5.41) is 18.6. The van der Waals surface area contributed by atoms with Gasteiger partial charge < -0.3 is 20.2 Å². The molecular weight excluding hydrogens is 494 g/mol. The van der Waals surface area contributed by atoms with Gasteiger partial charge in [0.25, 0.3) is 5.91 Å². The molecule has 37 heavy (non-hydrogen) atoms. The van der Waals surface area contributed by atoms with E-state index in [1.54, 1.807) is 25.1 Å². The number of amides is 1. The summed E-state index contributed by atoms with van der Waals surface area (Å²) in [5.74, 6) is -0.982. The molecule has 0 radical (unpaired) electrons. The first-order valence-corrected chi connectivity index (χ1v) is 11.8. The van der Waals surface area contributed by atoms with Gasteiger partial charge in [0.05, 0.1) is 11.1 Å². The van der Waals surface area contributed by atoms with Crippen molar-refractivity contribution in [2.75, 3.05) is 5.32 Å². The lowest BCUT2D eigenvalue weighted by molar-refractivity contribution is -0.118. The molecule has 186 valence electrons.